The molecule has 1 aromatic rings. The number of rotatable bonds is 4. The summed E-state index contributed by atoms with van der Waals surface area (Å²) in [6.45, 7) is 1.99. The largest absolute Gasteiger partial charge is 0.489 e. The fourth-order valence-corrected chi connectivity index (χ4v) is 2.05. The minimum absolute atomic E-state index is 0.104. The first-order valence-electron chi connectivity index (χ1n) is 4.46. The van der Waals surface area contributed by atoms with Crippen molar-refractivity contribution in [3.05, 3.63) is 35.4 Å². The van der Waals surface area contributed by atoms with Crippen molar-refractivity contribution in [3.63, 3.8) is 0 Å². The van der Waals surface area contributed by atoms with Gasteiger partial charge in [0, 0.05) is 5.54 Å². The molecule has 16 heavy (non-hydrogen) atoms. The Morgan fingerprint density at radius 3 is 2.69 bits per heavy atom. The van der Waals surface area contributed by atoms with Gasteiger partial charge in [-0.25, -0.2) is 13.6 Å². The second-order valence-corrected chi connectivity index (χ2v) is 4.93. The van der Waals surface area contributed by atoms with Gasteiger partial charge in [-0.3, -0.25) is 0 Å². The molecule has 0 saturated heterocycles. The lowest BCUT2D eigenvalue weighted by atomic mass is 10.2. The summed E-state index contributed by atoms with van der Waals surface area (Å²) in [5.74, 6) is 0.569. The summed E-state index contributed by atoms with van der Waals surface area (Å²) in [5.41, 5.74) is 1.90. The molecule has 0 aliphatic heterocycles. The Morgan fingerprint density at radius 2 is 2.19 bits per heavy atom. The molecule has 4 nitrogen and oxygen atoms in total. The Hall–Kier alpha value is -1.04. The third-order valence-electron chi connectivity index (χ3n) is 1.89. The van der Waals surface area contributed by atoms with E-state index >= 15 is 0 Å². The van der Waals surface area contributed by atoms with Crippen LogP contribution in [0, 0.1) is 6.92 Å². The molecule has 2 N–H and O–H groups in total. The molecule has 0 heterocycles. The van der Waals surface area contributed by atoms with E-state index in [0.717, 1.165) is 0 Å². The van der Waals surface area contributed by atoms with E-state index < -0.39 is 10.0 Å². The highest BCUT2D eigenvalue weighted by Crippen LogP contribution is 2.20. The van der Waals surface area contributed by atoms with E-state index in [2.05, 4.69) is 0 Å². The molecule has 0 aromatic heterocycles. The molecule has 0 aliphatic carbocycles. The first-order valence-corrected chi connectivity index (χ1v) is 6.45. The SMILES string of the molecule is Cc1cc(OC/C=C/Cl)ccc1S(N)(=O)=O. The molecule has 6 heteroatoms. The molecule has 0 radical (unpaired) electrons. The van der Waals surface area contributed by atoms with Gasteiger partial charge in [0.05, 0.1) is 4.90 Å². The van der Waals surface area contributed by atoms with Crippen LogP contribution in [0.2, 0.25) is 0 Å². The van der Waals surface area contributed by atoms with Gasteiger partial charge >= 0.3 is 0 Å². The number of sulfonamides is 1. The van der Waals surface area contributed by atoms with E-state index in [1.165, 1.54) is 11.6 Å². The zero-order chi connectivity index (χ0) is 12.2. The summed E-state index contributed by atoms with van der Waals surface area (Å²) in [5, 5.41) is 5.03. The molecule has 1 aromatic carbocycles. The Morgan fingerprint density at radius 1 is 1.50 bits per heavy atom. The highest BCUT2D eigenvalue weighted by Gasteiger charge is 2.11. The van der Waals surface area contributed by atoms with Crippen LogP contribution in [-0.2, 0) is 10.0 Å². The van der Waals surface area contributed by atoms with E-state index in [1.807, 2.05) is 0 Å². The van der Waals surface area contributed by atoms with Crippen molar-refractivity contribution in [2.75, 3.05) is 6.61 Å². The number of aryl methyl sites for hydroxylation is 1. The predicted octanol–water partition coefficient (Wildman–Crippen LogP) is 1.77. The van der Waals surface area contributed by atoms with E-state index in [4.69, 9.17) is 21.5 Å². The van der Waals surface area contributed by atoms with Crippen LogP contribution < -0.4 is 9.88 Å². The monoisotopic (exact) mass is 261 g/mol. The van der Waals surface area contributed by atoms with Crippen molar-refractivity contribution in [3.8, 4) is 5.75 Å². The number of benzene rings is 1. The number of hydrogen-bond acceptors (Lipinski definition) is 3. The first-order chi connectivity index (χ1) is 7.45. The summed E-state index contributed by atoms with van der Waals surface area (Å²) < 4.78 is 27.6. The fourth-order valence-electron chi connectivity index (χ4n) is 1.21. The minimum Gasteiger partial charge on any atom is -0.489 e. The van der Waals surface area contributed by atoms with Crippen molar-refractivity contribution >= 4 is 21.6 Å². The predicted molar refractivity (Wildman–Crippen MR) is 63.0 cm³/mol. The number of halogens is 1. The van der Waals surface area contributed by atoms with Crippen LogP contribution in [-0.4, -0.2) is 15.0 Å². The molecule has 0 fully saturated rings. The van der Waals surface area contributed by atoms with Gasteiger partial charge in [-0.15, -0.1) is 0 Å². The third kappa shape index (κ3) is 3.52. The second-order valence-electron chi connectivity index (χ2n) is 3.15. The molecular formula is C10H12ClNO3S. The minimum atomic E-state index is -3.67. The Balaban J connectivity index is 2.92. The first kappa shape index (κ1) is 13.0. The van der Waals surface area contributed by atoms with E-state index in [0.29, 0.717) is 17.9 Å². The van der Waals surface area contributed by atoms with Crippen molar-refractivity contribution in [2.45, 2.75) is 11.8 Å². The summed E-state index contributed by atoms with van der Waals surface area (Å²) in [7, 11) is -3.67. The van der Waals surface area contributed by atoms with Crippen molar-refractivity contribution in [1.82, 2.24) is 0 Å². The lowest BCUT2D eigenvalue weighted by Crippen LogP contribution is -2.13. The molecule has 0 aliphatic rings. The zero-order valence-corrected chi connectivity index (χ0v) is 10.3. The molecule has 0 saturated carbocycles. The van der Waals surface area contributed by atoms with Gasteiger partial charge in [0.2, 0.25) is 10.0 Å². The van der Waals surface area contributed by atoms with Gasteiger partial charge in [-0.2, -0.15) is 0 Å². The molecule has 1 rings (SSSR count). The summed E-state index contributed by atoms with van der Waals surface area (Å²) in [6, 6.07) is 4.58. The standard InChI is InChI=1S/C10H12ClNO3S/c1-8-7-9(15-6-2-5-11)3-4-10(8)16(12,13)14/h2-5,7H,6H2,1H3,(H2,12,13,14)/b5-2+. The quantitative estimate of drug-likeness (QED) is 0.898. The number of primary sulfonamides is 1. The van der Waals surface area contributed by atoms with Gasteiger partial charge in [0.1, 0.15) is 12.4 Å². The van der Waals surface area contributed by atoms with Gasteiger partial charge in [-0.1, -0.05) is 11.6 Å². The summed E-state index contributed by atoms with van der Waals surface area (Å²) in [6.07, 6.45) is 1.63. The van der Waals surface area contributed by atoms with Crippen molar-refractivity contribution in [1.29, 1.82) is 0 Å². The zero-order valence-electron chi connectivity index (χ0n) is 8.68. The maximum atomic E-state index is 11.1. The van der Waals surface area contributed by atoms with Gasteiger partial charge in [-0.05, 0) is 36.8 Å². The molecular weight excluding hydrogens is 250 g/mol. The van der Waals surface area contributed by atoms with Gasteiger partial charge < -0.3 is 4.74 Å². The van der Waals surface area contributed by atoms with Crippen LogP contribution in [0.25, 0.3) is 0 Å². The highest BCUT2D eigenvalue weighted by molar-refractivity contribution is 7.89. The smallest absolute Gasteiger partial charge is 0.238 e. The van der Waals surface area contributed by atoms with E-state index in [-0.39, 0.29) is 4.90 Å². The second kappa shape index (κ2) is 5.34. The number of nitrogens with two attached hydrogens (primary N) is 1. The number of hydrogen-bond donors (Lipinski definition) is 1. The molecule has 0 spiro atoms. The number of ether oxygens (including phenoxy) is 1. The Bertz CT molecular complexity index is 497. The Kier molecular flexibility index (Phi) is 4.35. The van der Waals surface area contributed by atoms with Gasteiger partial charge in [0.25, 0.3) is 0 Å². The van der Waals surface area contributed by atoms with E-state index in [1.54, 1.807) is 25.1 Å². The lowest BCUT2D eigenvalue weighted by molar-refractivity contribution is 0.362. The molecule has 0 unspecified atom stereocenters. The van der Waals surface area contributed by atoms with Crippen LogP contribution in [0.1, 0.15) is 5.56 Å². The van der Waals surface area contributed by atoms with Gasteiger partial charge in [0.15, 0.2) is 0 Å². The normalized spacial score (nSPS) is 11.9. The average Bonchev–Trinajstić information content (AvgIpc) is 2.16. The molecule has 0 bridgehead atoms. The van der Waals surface area contributed by atoms with Crippen LogP contribution in [0.4, 0.5) is 0 Å². The molecule has 0 atom stereocenters. The Labute approximate surface area is 99.7 Å². The average molecular weight is 262 g/mol. The maximum absolute atomic E-state index is 11.1. The lowest BCUT2D eigenvalue weighted by Gasteiger charge is -2.07. The molecule has 0 amide bonds. The van der Waals surface area contributed by atoms with Crippen LogP contribution in [0.3, 0.4) is 0 Å². The highest BCUT2D eigenvalue weighted by atomic mass is 35.5. The van der Waals surface area contributed by atoms with Crippen molar-refractivity contribution in [2.24, 2.45) is 5.14 Å². The van der Waals surface area contributed by atoms with Crippen molar-refractivity contribution < 1.29 is 13.2 Å². The fraction of sp³-hybridized carbons (Fsp3) is 0.200. The summed E-state index contributed by atoms with van der Waals surface area (Å²) in [4.78, 5) is 0.104. The summed E-state index contributed by atoms with van der Waals surface area (Å²) >= 11 is 5.33. The topological polar surface area (TPSA) is 69.4 Å². The van der Waals surface area contributed by atoms with Crippen LogP contribution in [0.15, 0.2) is 34.7 Å². The van der Waals surface area contributed by atoms with Crippen LogP contribution in [0.5, 0.6) is 5.75 Å². The third-order valence-corrected chi connectivity index (χ3v) is 3.14. The van der Waals surface area contributed by atoms with E-state index in [9.17, 15) is 8.42 Å². The molecule has 88 valence electrons. The maximum Gasteiger partial charge on any atom is 0.238 e. The van der Waals surface area contributed by atoms with Crippen LogP contribution >= 0.6 is 11.6 Å².